The Bertz CT molecular complexity index is 738. The zero-order valence-electron chi connectivity index (χ0n) is 12.6. The summed E-state index contributed by atoms with van der Waals surface area (Å²) in [6.45, 7) is 3.86. The number of benzene rings is 1. The van der Waals surface area contributed by atoms with E-state index < -0.39 is 15.9 Å². The molecule has 1 unspecified atom stereocenters. The van der Waals surface area contributed by atoms with Crippen molar-refractivity contribution in [3.05, 3.63) is 42.7 Å². The van der Waals surface area contributed by atoms with Crippen LogP contribution in [-0.4, -0.2) is 24.1 Å². The largest absolute Gasteiger partial charge is 0.274 e. The van der Waals surface area contributed by atoms with E-state index >= 15 is 0 Å². The molecule has 0 aliphatic rings. The van der Waals surface area contributed by atoms with Gasteiger partial charge in [0.25, 0.3) is 10.0 Å². The molecule has 118 valence electrons. The van der Waals surface area contributed by atoms with Gasteiger partial charge in [-0.15, -0.1) is 0 Å². The number of amides is 1. The molecule has 1 aromatic heterocycles. The quantitative estimate of drug-likeness (QED) is 0.883. The van der Waals surface area contributed by atoms with Crippen molar-refractivity contribution in [1.82, 2.24) is 14.5 Å². The molecule has 1 N–H and O–H groups in total. The van der Waals surface area contributed by atoms with Gasteiger partial charge in [-0.1, -0.05) is 38.5 Å². The van der Waals surface area contributed by atoms with E-state index in [4.69, 9.17) is 0 Å². The first kappa shape index (κ1) is 16.2. The summed E-state index contributed by atoms with van der Waals surface area (Å²) in [4.78, 5) is 11.7. The van der Waals surface area contributed by atoms with Gasteiger partial charge in [-0.2, -0.15) is 5.10 Å². The van der Waals surface area contributed by atoms with Crippen LogP contribution >= 0.6 is 0 Å². The highest BCUT2D eigenvalue weighted by Crippen LogP contribution is 2.13. The molecule has 0 bridgehead atoms. The number of hydrogen-bond donors (Lipinski definition) is 1. The maximum Gasteiger partial charge on any atom is 0.267 e. The Balaban J connectivity index is 2.14. The fourth-order valence-electron chi connectivity index (χ4n) is 1.88. The van der Waals surface area contributed by atoms with Crippen LogP contribution in [0.1, 0.15) is 26.7 Å². The highest BCUT2D eigenvalue weighted by Gasteiger charge is 2.20. The molecule has 1 amide bonds. The Morgan fingerprint density at radius 1 is 1.32 bits per heavy atom. The van der Waals surface area contributed by atoms with Gasteiger partial charge in [0, 0.05) is 6.42 Å². The van der Waals surface area contributed by atoms with E-state index in [0.717, 1.165) is 12.1 Å². The molecule has 0 saturated carbocycles. The first-order valence-electron chi connectivity index (χ1n) is 7.08. The number of hydrogen-bond acceptors (Lipinski definition) is 4. The number of carbonyl (C=O) groups is 1. The van der Waals surface area contributed by atoms with Crippen molar-refractivity contribution in [2.45, 2.75) is 31.6 Å². The summed E-state index contributed by atoms with van der Waals surface area (Å²) in [5, 5.41) is 4.02. The number of nitrogens with one attached hydrogen (secondary N) is 1. The fourth-order valence-corrected chi connectivity index (χ4v) is 2.80. The van der Waals surface area contributed by atoms with Gasteiger partial charge in [-0.3, -0.25) is 4.79 Å². The van der Waals surface area contributed by atoms with Crippen molar-refractivity contribution in [2.24, 2.45) is 5.92 Å². The van der Waals surface area contributed by atoms with Crippen LogP contribution in [0.4, 0.5) is 0 Å². The molecule has 1 aromatic carbocycles. The lowest BCUT2D eigenvalue weighted by molar-refractivity contribution is -0.120. The molecule has 1 atom stereocenters. The minimum absolute atomic E-state index is 0.0335. The molecule has 0 fully saturated rings. The second kappa shape index (κ2) is 6.74. The van der Waals surface area contributed by atoms with Gasteiger partial charge < -0.3 is 0 Å². The smallest absolute Gasteiger partial charge is 0.267 e. The SMILES string of the molecule is CCC(C)CC(=O)NS(=O)(=O)c1cnn(-c2ccccc2)c1. The second-order valence-corrected chi connectivity index (χ2v) is 6.88. The Hall–Kier alpha value is -2.15. The summed E-state index contributed by atoms with van der Waals surface area (Å²) in [6.07, 6.45) is 3.61. The van der Waals surface area contributed by atoms with Crippen LogP contribution in [0, 0.1) is 5.92 Å². The molecule has 22 heavy (non-hydrogen) atoms. The standard InChI is InChI=1S/C15H19N3O3S/c1-3-12(2)9-15(19)17-22(20,21)14-10-16-18(11-14)13-7-5-4-6-8-13/h4-8,10-12H,3,9H2,1-2H3,(H,17,19). The number of aromatic nitrogens is 2. The summed E-state index contributed by atoms with van der Waals surface area (Å²) in [5.41, 5.74) is 0.745. The van der Waals surface area contributed by atoms with Crippen LogP contribution in [0.5, 0.6) is 0 Å². The van der Waals surface area contributed by atoms with Gasteiger partial charge in [0.2, 0.25) is 5.91 Å². The summed E-state index contributed by atoms with van der Waals surface area (Å²) >= 11 is 0. The Kier molecular flexibility index (Phi) is 4.97. The van der Waals surface area contributed by atoms with Crippen molar-refractivity contribution in [2.75, 3.05) is 0 Å². The maximum atomic E-state index is 12.2. The van der Waals surface area contributed by atoms with E-state index in [2.05, 4.69) is 9.82 Å². The van der Waals surface area contributed by atoms with Crippen LogP contribution in [0.25, 0.3) is 5.69 Å². The van der Waals surface area contributed by atoms with Crippen molar-refractivity contribution < 1.29 is 13.2 Å². The first-order valence-corrected chi connectivity index (χ1v) is 8.56. The minimum atomic E-state index is -3.88. The third kappa shape index (κ3) is 3.94. The molecular formula is C15H19N3O3S. The summed E-state index contributed by atoms with van der Waals surface area (Å²) in [5.74, 6) is -0.357. The molecular weight excluding hydrogens is 302 g/mol. The van der Waals surface area contributed by atoms with E-state index in [1.165, 1.54) is 17.1 Å². The molecule has 0 spiro atoms. The summed E-state index contributed by atoms with van der Waals surface area (Å²) in [7, 11) is -3.88. The molecule has 1 heterocycles. The average molecular weight is 321 g/mol. The van der Waals surface area contributed by atoms with E-state index in [1.807, 2.05) is 44.2 Å². The van der Waals surface area contributed by atoms with E-state index in [1.54, 1.807) is 0 Å². The van der Waals surface area contributed by atoms with Crippen LogP contribution < -0.4 is 4.72 Å². The third-order valence-electron chi connectivity index (χ3n) is 3.37. The monoisotopic (exact) mass is 321 g/mol. The van der Waals surface area contributed by atoms with Crippen molar-refractivity contribution >= 4 is 15.9 Å². The molecule has 7 heteroatoms. The number of carbonyl (C=O) groups excluding carboxylic acids is 1. The van der Waals surface area contributed by atoms with E-state index in [0.29, 0.717) is 0 Å². The molecule has 0 aliphatic carbocycles. The van der Waals surface area contributed by atoms with E-state index in [-0.39, 0.29) is 17.2 Å². The minimum Gasteiger partial charge on any atom is -0.274 e. The fraction of sp³-hybridized carbons (Fsp3) is 0.333. The normalized spacial score (nSPS) is 12.8. The van der Waals surface area contributed by atoms with Gasteiger partial charge in [0.05, 0.1) is 18.1 Å². The lowest BCUT2D eigenvalue weighted by Crippen LogP contribution is -2.31. The summed E-state index contributed by atoms with van der Waals surface area (Å²) < 4.78 is 27.9. The lowest BCUT2D eigenvalue weighted by atomic mass is 10.1. The third-order valence-corrected chi connectivity index (χ3v) is 4.70. The molecule has 2 rings (SSSR count). The number of sulfonamides is 1. The second-order valence-electron chi connectivity index (χ2n) is 5.20. The predicted octanol–water partition coefficient (Wildman–Crippen LogP) is 2.11. The highest BCUT2D eigenvalue weighted by molar-refractivity contribution is 7.90. The Labute approximate surface area is 130 Å². The average Bonchev–Trinajstić information content (AvgIpc) is 2.98. The lowest BCUT2D eigenvalue weighted by Gasteiger charge is -2.08. The van der Waals surface area contributed by atoms with Crippen LogP contribution in [0.15, 0.2) is 47.6 Å². The molecule has 6 nitrogen and oxygen atoms in total. The zero-order chi connectivity index (χ0) is 16.2. The molecule has 2 aromatic rings. The summed E-state index contributed by atoms with van der Waals surface area (Å²) in [6, 6.07) is 9.15. The molecule has 0 radical (unpaired) electrons. The topological polar surface area (TPSA) is 81.1 Å². The zero-order valence-corrected chi connectivity index (χ0v) is 13.4. The Morgan fingerprint density at radius 3 is 2.64 bits per heavy atom. The molecule has 0 aliphatic heterocycles. The van der Waals surface area contributed by atoms with E-state index in [9.17, 15) is 13.2 Å². The predicted molar refractivity (Wildman–Crippen MR) is 83.0 cm³/mol. The van der Waals surface area contributed by atoms with Crippen LogP contribution in [0.2, 0.25) is 0 Å². The van der Waals surface area contributed by atoms with Crippen LogP contribution in [-0.2, 0) is 14.8 Å². The van der Waals surface area contributed by atoms with Gasteiger partial charge in [-0.25, -0.2) is 17.8 Å². The van der Waals surface area contributed by atoms with Crippen LogP contribution in [0.3, 0.4) is 0 Å². The van der Waals surface area contributed by atoms with Crippen molar-refractivity contribution in [3.8, 4) is 5.69 Å². The van der Waals surface area contributed by atoms with Crippen molar-refractivity contribution in [3.63, 3.8) is 0 Å². The molecule has 0 saturated heterocycles. The number of nitrogens with zero attached hydrogens (tertiary/aromatic N) is 2. The number of para-hydroxylation sites is 1. The first-order chi connectivity index (χ1) is 10.4. The van der Waals surface area contributed by atoms with Gasteiger partial charge in [-0.05, 0) is 18.1 Å². The van der Waals surface area contributed by atoms with Gasteiger partial charge >= 0.3 is 0 Å². The maximum absolute atomic E-state index is 12.2. The highest BCUT2D eigenvalue weighted by atomic mass is 32.2. The van der Waals surface area contributed by atoms with Gasteiger partial charge in [0.1, 0.15) is 4.90 Å². The van der Waals surface area contributed by atoms with Gasteiger partial charge in [0.15, 0.2) is 0 Å². The Morgan fingerprint density at radius 2 is 2.00 bits per heavy atom. The number of rotatable bonds is 6. The van der Waals surface area contributed by atoms with Crippen molar-refractivity contribution in [1.29, 1.82) is 0 Å².